The second-order valence-electron chi connectivity index (χ2n) is 5.24. The third kappa shape index (κ3) is 2.94. The van der Waals surface area contributed by atoms with E-state index >= 15 is 0 Å². The van der Waals surface area contributed by atoms with Gasteiger partial charge in [0.15, 0.2) is 0 Å². The number of nitrogens with zero attached hydrogens (tertiary/aromatic N) is 2. The number of anilines is 1. The van der Waals surface area contributed by atoms with Crippen molar-refractivity contribution in [3.05, 3.63) is 41.2 Å². The Hall–Kier alpha value is -1.59. The number of nitrogens with two attached hydrogens (primary N) is 1. The van der Waals surface area contributed by atoms with Gasteiger partial charge < -0.3 is 5.43 Å². The summed E-state index contributed by atoms with van der Waals surface area (Å²) in [5.74, 6) is 7.62. The van der Waals surface area contributed by atoms with Crippen molar-refractivity contribution in [1.29, 1.82) is 0 Å². The van der Waals surface area contributed by atoms with Crippen LogP contribution in [0.2, 0.25) is 0 Å². The van der Waals surface area contributed by atoms with E-state index in [0.717, 1.165) is 10.9 Å². The smallest absolute Gasteiger partial charge is 0.144 e. The molecule has 5 heteroatoms. The number of nitrogen functional groups attached to an aromatic ring is 1. The van der Waals surface area contributed by atoms with Gasteiger partial charge in [-0.3, -0.25) is 0 Å². The van der Waals surface area contributed by atoms with Gasteiger partial charge in [-0.05, 0) is 43.9 Å². The lowest BCUT2D eigenvalue weighted by molar-refractivity contribution is 0.877. The van der Waals surface area contributed by atoms with E-state index in [1.165, 1.54) is 28.9 Å². The molecule has 0 spiro atoms. The van der Waals surface area contributed by atoms with Gasteiger partial charge in [0.25, 0.3) is 0 Å². The maximum atomic E-state index is 5.51. The number of aromatic nitrogens is 2. The van der Waals surface area contributed by atoms with Crippen molar-refractivity contribution in [2.45, 2.75) is 42.5 Å². The lowest BCUT2D eigenvalue weighted by Gasteiger charge is -2.09. The topological polar surface area (TPSA) is 63.8 Å². The lowest BCUT2D eigenvalue weighted by Crippen LogP contribution is -2.10. The van der Waals surface area contributed by atoms with Gasteiger partial charge in [0, 0.05) is 16.9 Å². The molecule has 3 N–H and O–H groups in total. The highest BCUT2D eigenvalue weighted by atomic mass is 32.2. The van der Waals surface area contributed by atoms with Crippen LogP contribution < -0.4 is 11.3 Å². The van der Waals surface area contributed by atoms with Gasteiger partial charge in [-0.15, -0.1) is 0 Å². The van der Waals surface area contributed by atoms with Crippen LogP contribution in [-0.4, -0.2) is 9.97 Å². The predicted molar refractivity (Wildman–Crippen MR) is 81.9 cm³/mol. The van der Waals surface area contributed by atoms with Crippen LogP contribution in [0.3, 0.4) is 0 Å². The molecule has 1 aromatic heterocycles. The molecular formula is C15H18N4S. The molecular weight excluding hydrogens is 268 g/mol. The molecule has 1 aromatic carbocycles. The third-order valence-corrected chi connectivity index (χ3v) is 4.45. The van der Waals surface area contributed by atoms with Crippen molar-refractivity contribution in [3.63, 3.8) is 0 Å². The molecule has 104 valence electrons. The number of benzene rings is 1. The standard InChI is InChI=1S/C15H18N4S/c1-9-3-4-10(2)12(7-9)20-14-8-13(19-16)17-15(18-14)11-5-6-11/h3-4,7-8,11H,5-6,16H2,1-2H3,(H,17,18,19). The zero-order valence-corrected chi connectivity index (χ0v) is 12.5. The predicted octanol–water partition coefficient (Wildman–Crippen LogP) is 3.41. The Kier molecular flexibility index (Phi) is 3.63. The van der Waals surface area contributed by atoms with Crippen molar-refractivity contribution < 1.29 is 0 Å². The van der Waals surface area contributed by atoms with Gasteiger partial charge in [0.2, 0.25) is 0 Å². The van der Waals surface area contributed by atoms with Crippen LogP contribution in [0.4, 0.5) is 5.82 Å². The van der Waals surface area contributed by atoms with Gasteiger partial charge in [0.05, 0.1) is 0 Å². The Labute approximate surface area is 123 Å². The fourth-order valence-electron chi connectivity index (χ4n) is 2.02. The molecule has 1 saturated carbocycles. The Morgan fingerprint density at radius 3 is 2.70 bits per heavy atom. The zero-order chi connectivity index (χ0) is 14.1. The minimum absolute atomic E-state index is 0.515. The number of aryl methyl sites for hydroxylation is 2. The first-order valence-electron chi connectivity index (χ1n) is 6.76. The molecule has 0 amide bonds. The molecule has 2 aromatic rings. The number of hydrazine groups is 1. The summed E-state index contributed by atoms with van der Waals surface area (Å²) in [6.07, 6.45) is 2.36. The first kappa shape index (κ1) is 13.4. The van der Waals surface area contributed by atoms with Gasteiger partial charge in [-0.25, -0.2) is 15.8 Å². The Morgan fingerprint density at radius 2 is 2.00 bits per heavy atom. The molecule has 20 heavy (non-hydrogen) atoms. The first-order valence-corrected chi connectivity index (χ1v) is 7.58. The van der Waals surface area contributed by atoms with Crippen LogP contribution in [0.25, 0.3) is 0 Å². The summed E-state index contributed by atoms with van der Waals surface area (Å²) in [4.78, 5) is 10.3. The highest BCUT2D eigenvalue weighted by Crippen LogP contribution is 2.40. The highest BCUT2D eigenvalue weighted by Gasteiger charge is 2.27. The number of hydrogen-bond donors (Lipinski definition) is 2. The van der Waals surface area contributed by atoms with Crippen LogP contribution in [0.1, 0.15) is 35.7 Å². The summed E-state index contributed by atoms with van der Waals surface area (Å²) in [5, 5.41) is 0.948. The second kappa shape index (κ2) is 5.42. The van der Waals surface area contributed by atoms with Gasteiger partial charge >= 0.3 is 0 Å². The average Bonchev–Trinajstić information content (AvgIpc) is 3.27. The van der Waals surface area contributed by atoms with E-state index in [9.17, 15) is 0 Å². The SMILES string of the molecule is Cc1ccc(C)c(Sc2cc(NN)nc(C3CC3)n2)c1. The van der Waals surface area contributed by atoms with E-state index < -0.39 is 0 Å². The van der Waals surface area contributed by atoms with Crippen LogP contribution in [0.5, 0.6) is 0 Å². The average molecular weight is 286 g/mol. The first-order chi connectivity index (χ1) is 9.65. The van der Waals surface area contributed by atoms with Gasteiger partial charge in [-0.1, -0.05) is 23.9 Å². The fraction of sp³-hybridized carbons (Fsp3) is 0.333. The maximum absolute atomic E-state index is 5.51. The number of hydrogen-bond acceptors (Lipinski definition) is 5. The highest BCUT2D eigenvalue weighted by molar-refractivity contribution is 7.99. The summed E-state index contributed by atoms with van der Waals surface area (Å²) in [5.41, 5.74) is 5.15. The molecule has 0 aliphatic heterocycles. The molecule has 0 radical (unpaired) electrons. The van der Waals surface area contributed by atoms with E-state index in [4.69, 9.17) is 5.84 Å². The third-order valence-electron chi connectivity index (χ3n) is 3.37. The number of rotatable bonds is 4. The van der Waals surface area contributed by atoms with Gasteiger partial charge in [-0.2, -0.15) is 0 Å². The van der Waals surface area contributed by atoms with E-state index in [0.29, 0.717) is 11.7 Å². The van der Waals surface area contributed by atoms with Crippen molar-refractivity contribution >= 4 is 17.6 Å². The summed E-state index contributed by atoms with van der Waals surface area (Å²) in [6, 6.07) is 8.36. The molecule has 3 rings (SSSR count). The van der Waals surface area contributed by atoms with E-state index in [1.54, 1.807) is 11.8 Å². The molecule has 1 aliphatic carbocycles. The molecule has 0 bridgehead atoms. The largest absolute Gasteiger partial charge is 0.308 e. The van der Waals surface area contributed by atoms with Gasteiger partial charge in [0.1, 0.15) is 16.7 Å². The normalized spacial score (nSPS) is 14.3. The van der Waals surface area contributed by atoms with Crippen molar-refractivity contribution in [2.75, 3.05) is 5.43 Å². The van der Waals surface area contributed by atoms with Crippen LogP contribution in [0.15, 0.2) is 34.2 Å². The van der Waals surface area contributed by atoms with Crippen LogP contribution >= 0.6 is 11.8 Å². The summed E-state index contributed by atoms with van der Waals surface area (Å²) < 4.78 is 0. The van der Waals surface area contributed by atoms with Crippen LogP contribution in [-0.2, 0) is 0 Å². The van der Waals surface area contributed by atoms with Crippen molar-refractivity contribution in [2.24, 2.45) is 5.84 Å². The van der Waals surface area contributed by atoms with Crippen LogP contribution in [0, 0.1) is 13.8 Å². The second-order valence-corrected chi connectivity index (χ2v) is 6.30. The molecule has 1 aliphatic rings. The maximum Gasteiger partial charge on any atom is 0.144 e. The minimum atomic E-state index is 0.515. The molecule has 0 unspecified atom stereocenters. The molecule has 0 atom stereocenters. The van der Waals surface area contributed by atoms with Crippen molar-refractivity contribution in [1.82, 2.24) is 9.97 Å². The summed E-state index contributed by atoms with van der Waals surface area (Å²) >= 11 is 1.67. The Morgan fingerprint density at radius 1 is 1.20 bits per heavy atom. The summed E-state index contributed by atoms with van der Waals surface area (Å²) in [6.45, 7) is 4.22. The van der Waals surface area contributed by atoms with E-state index in [2.05, 4.69) is 47.4 Å². The minimum Gasteiger partial charge on any atom is -0.308 e. The van der Waals surface area contributed by atoms with E-state index in [-0.39, 0.29) is 0 Å². The summed E-state index contributed by atoms with van der Waals surface area (Å²) in [7, 11) is 0. The molecule has 1 heterocycles. The zero-order valence-electron chi connectivity index (χ0n) is 11.7. The fourth-order valence-corrected chi connectivity index (χ4v) is 3.03. The quantitative estimate of drug-likeness (QED) is 0.512. The van der Waals surface area contributed by atoms with Crippen molar-refractivity contribution in [3.8, 4) is 0 Å². The lowest BCUT2D eigenvalue weighted by atomic mass is 10.2. The monoisotopic (exact) mass is 286 g/mol. The molecule has 0 saturated heterocycles. The van der Waals surface area contributed by atoms with E-state index in [1.807, 2.05) is 6.07 Å². The molecule has 4 nitrogen and oxygen atoms in total. The Bertz CT molecular complexity index is 638. The molecule has 1 fully saturated rings. The number of nitrogens with one attached hydrogen (secondary N) is 1. The Balaban J connectivity index is 1.93.